The molecule has 2 N–H and O–H groups in total. The Labute approximate surface area is 160 Å². The zero-order valence-corrected chi connectivity index (χ0v) is 16.8. The van der Waals surface area contributed by atoms with Crippen molar-refractivity contribution in [3.63, 3.8) is 0 Å². The highest BCUT2D eigenvalue weighted by Gasteiger charge is 2.06. The number of aromatic nitrogens is 4. The normalized spacial score (nSPS) is 11.0. The number of hydrogen-bond acceptors (Lipinski definition) is 4. The van der Waals surface area contributed by atoms with Gasteiger partial charge in [0.15, 0.2) is 11.8 Å². The van der Waals surface area contributed by atoms with Gasteiger partial charge in [-0.05, 0) is 25.5 Å². The summed E-state index contributed by atoms with van der Waals surface area (Å²) in [7, 11) is 1.96. The Hall–Kier alpha value is -1.71. The number of rotatable bonds is 7. The van der Waals surface area contributed by atoms with Crippen molar-refractivity contribution in [2.24, 2.45) is 12.0 Å². The molecule has 0 spiro atoms. The van der Waals surface area contributed by atoms with Crippen molar-refractivity contribution in [3.05, 3.63) is 41.7 Å². The highest BCUT2D eigenvalue weighted by atomic mass is 127. The van der Waals surface area contributed by atoms with Gasteiger partial charge in [0.05, 0.1) is 18.8 Å². The summed E-state index contributed by atoms with van der Waals surface area (Å²) >= 11 is 0. The number of aliphatic imine (C=N–C) groups is 1. The molecule has 0 saturated heterocycles. The van der Waals surface area contributed by atoms with E-state index in [9.17, 15) is 0 Å². The Balaban J connectivity index is 0.00000288. The minimum atomic E-state index is 0. The summed E-state index contributed by atoms with van der Waals surface area (Å²) in [6.07, 6.45) is 4.03. The monoisotopic (exact) mass is 443 g/mol. The van der Waals surface area contributed by atoms with Gasteiger partial charge in [-0.1, -0.05) is 19.4 Å². The van der Waals surface area contributed by atoms with Crippen molar-refractivity contribution < 1.29 is 0 Å². The first-order valence-corrected chi connectivity index (χ1v) is 7.97. The van der Waals surface area contributed by atoms with Crippen LogP contribution in [0.1, 0.15) is 37.1 Å². The smallest absolute Gasteiger partial charge is 0.192 e. The molecule has 0 aliphatic carbocycles. The van der Waals surface area contributed by atoms with Gasteiger partial charge in [-0.2, -0.15) is 0 Å². The lowest BCUT2D eigenvalue weighted by atomic mass is 10.3. The summed E-state index contributed by atoms with van der Waals surface area (Å²) in [4.78, 5) is 8.89. The molecule has 2 rings (SSSR count). The number of unbranched alkanes of at least 4 members (excludes halogenated alkanes) is 1. The van der Waals surface area contributed by atoms with Crippen LogP contribution >= 0.6 is 24.0 Å². The third-order valence-electron chi connectivity index (χ3n) is 3.54. The minimum absolute atomic E-state index is 0. The van der Waals surface area contributed by atoms with Gasteiger partial charge in [0.1, 0.15) is 5.82 Å². The van der Waals surface area contributed by atoms with Crippen molar-refractivity contribution in [3.8, 4) is 0 Å². The second kappa shape index (κ2) is 11.0. The molecule has 2 aromatic rings. The molecular formula is C16H26IN7. The SMILES string of the molecule is CCCCNC(=NCc1ccccn1)NCc1nnc(C)n1C.I. The molecule has 7 nitrogen and oxygen atoms in total. The maximum Gasteiger partial charge on any atom is 0.192 e. The van der Waals surface area contributed by atoms with Gasteiger partial charge in [0.2, 0.25) is 0 Å². The molecule has 0 unspecified atom stereocenters. The molecule has 0 fully saturated rings. The van der Waals surface area contributed by atoms with Crippen LogP contribution in [0.25, 0.3) is 0 Å². The van der Waals surface area contributed by atoms with Crippen molar-refractivity contribution in [1.29, 1.82) is 0 Å². The van der Waals surface area contributed by atoms with E-state index in [-0.39, 0.29) is 24.0 Å². The summed E-state index contributed by atoms with van der Waals surface area (Å²) in [6.45, 7) is 6.12. The highest BCUT2D eigenvalue weighted by molar-refractivity contribution is 14.0. The van der Waals surface area contributed by atoms with Crippen molar-refractivity contribution in [2.75, 3.05) is 6.54 Å². The fourth-order valence-electron chi connectivity index (χ4n) is 1.98. The van der Waals surface area contributed by atoms with Crippen LogP contribution in [0.2, 0.25) is 0 Å². The Bertz CT molecular complexity index is 625. The minimum Gasteiger partial charge on any atom is -0.356 e. The Morgan fingerprint density at radius 1 is 1.25 bits per heavy atom. The number of guanidine groups is 1. The number of nitrogens with one attached hydrogen (secondary N) is 2. The molecule has 0 aromatic carbocycles. The third kappa shape index (κ3) is 6.42. The van der Waals surface area contributed by atoms with Crippen molar-refractivity contribution in [2.45, 2.75) is 39.8 Å². The standard InChI is InChI=1S/C16H25N7.HI/c1-4-5-9-18-16(19-11-14-8-6-7-10-17-14)20-12-15-22-21-13(2)23(15)3;/h6-8,10H,4-5,9,11-12H2,1-3H3,(H2,18,19,20);1H. The number of nitrogens with zero attached hydrogens (tertiary/aromatic N) is 5. The first-order valence-electron chi connectivity index (χ1n) is 7.97. The molecule has 0 atom stereocenters. The summed E-state index contributed by atoms with van der Waals surface area (Å²) < 4.78 is 1.97. The molecule has 0 radical (unpaired) electrons. The first kappa shape index (κ1) is 20.3. The van der Waals surface area contributed by atoms with E-state index in [4.69, 9.17) is 0 Å². The van der Waals surface area contributed by atoms with Gasteiger partial charge in [-0.3, -0.25) is 4.98 Å². The maximum atomic E-state index is 4.59. The van der Waals surface area contributed by atoms with Crippen LogP contribution in [-0.4, -0.2) is 32.3 Å². The van der Waals surface area contributed by atoms with Crippen LogP contribution in [-0.2, 0) is 20.1 Å². The van der Waals surface area contributed by atoms with Crippen LogP contribution in [0.3, 0.4) is 0 Å². The van der Waals surface area contributed by atoms with Gasteiger partial charge in [-0.25, -0.2) is 4.99 Å². The summed E-state index contributed by atoms with van der Waals surface area (Å²) in [6, 6.07) is 5.85. The number of hydrogen-bond donors (Lipinski definition) is 2. The van der Waals surface area contributed by atoms with Crippen LogP contribution in [0.15, 0.2) is 29.4 Å². The number of halogens is 1. The van der Waals surface area contributed by atoms with E-state index in [0.717, 1.165) is 42.7 Å². The second-order valence-electron chi connectivity index (χ2n) is 5.34. The van der Waals surface area contributed by atoms with Gasteiger partial charge in [0, 0.05) is 19.8 Å². The lowest BCUT2D eigenvalue weighted by molar-refractivity contribution is 0.695. The van der Waals surface area contributed by atoms with Gasteiger partial charge in [0.25, 0.3) is 0 Å². The van der Waals surface area contributed by atoms with E-state index < -0.39 is 0 Å². The predicted octanol–water partition coefficient (Wildman–Crippen LogP) is 2.17. The lowest BCUT2D eigenvalue weighted by Crippen LogP contribution is -2.38. The third-order valence-corrected chi connectivity index (χ3v) is 3.54. The van der Waals surface area contributed by atoms with Crippen molar-refractivity contribution in [1.82, 2.24) is 30.4 Å². The van der Waals surface area contributed by atoms with E-state index in [1.54, 1.807) is 6.20 Å². The molecule has 0 aliphatic rings. The Morgan fingerprint density at radius 3 is 2.71 bits per heavy atom. The van der Waals surface area contributed by atoms with Crippen LogP contribution in [0.4, 0.5) is 0 Å². The molecule has 24 heavy (non-hydrogen) atoms. The quantitative estimate of drug-likeness (QED) is 0.297. The van der Waals surface area contributed by atoms with Crippen LogP contribution in [0, 0.1) is 6.92 Å². The topological polar surface area (TPSA) is 80.0 Å². The Kier molecular flexibility index (Phi) is 9.28. The van der Waals surface area contributed by atoms with E-state index in [1.165, 1.54) is 0 Å². The van der Waals surface area contributed by atoms with Gasteiger partial charge in [-0.15, -0.1) is 34.2 Å². The second-order valence-corrected chi connectivity index (χ2v) is 5.34. The van der Waals surface area contributed by atoms with Crippen LogP contribution < -0.4 is 10.6 Å². The first-order chi connectivity index (χ1) is 11.2. The van der Waals surface area contributed by atoms with Crippen molar-refractivity contribution >= 4 is 29.9 Å². The van der Waals surface area contributed by atoms with Crippen LogP contribution in [0.5, 0.6) is 0 Å². The van der Waals surface area contributed by atoms with Gasteiger partial charge < -0.3 is 15.2 Å². The summed E-state index contributed by atoms with van der Waals surface area (Å²) in [5.41, 5.74) is 0.943. The zero-order chi connectivity index (χ0) is 16.5. The predicted molar refractivity (Wildman–Crippen MR) is 106 cm³/mol. The molecular weight excluding hydrogens is 417 g/mol. The fourth-order valence-corrected chi connectivity index (χ4v) is 1.98. The van der Waals surface area contributed by atoms with E-state index in [1.807, 2.05) is 36.7 Å². The van der Waals surface area contributed by atoms with E-state index >= 15 is 0 Å². The fraction of sp³-hybridized carbons (Fsp3) is 0.500. The largest absolute Gasteiger partial charge is 0.356 e. The maximum absolute atomic E-state index is 4.59. The lowest BCUT2D eigenvalue weighted by Gasteiger charge is -2.12. The van der Waals surface area contributed by atoms with Gasteiger partial charge >= 0.3 is 0 Å². The molecule has 0 amide bonds. The molecule has 0 saturated carbocycles. The number of pyridine rings is 1. The molecule has 2 heterocycles. The molecule has 132 valence electrons. The number of aryl methyl sites for hydroxylation is 1. The molecule has 0 aliphatic heterocycles. The van der Waals surface area contributed by atoms with E-state index in [0.29, 0.717) is 13.1 Å². The molecule has 0 bridgehead atoms. The zero-order valence-electron chi connectivity index (χ0n) is 14.5. The average molecular weight is 443 g/mol. The summed E-state index contributed by atoms with van der Waals surface area (Å²) in [5, 5.41) is 14.9. The average Bonchev–Trinajstić information content (AvgIpc) is 2.90. The van der Waals surface area contributed by atoms with E-state index in [2.05, 4.69) is 37.7 Å². The molecule has 2 aromatic heterocycles. The molecule has 8 heteroatoms. The Morgan fingerprint density at radius 2 is 2.08 bits per heavy atom. The highest BCUT2D eigenvalue weighted by Crippen LogP contribution is 1.98. The summed E-state index contributed by atoms with van der Waals surface area (Å²) in [5.74, 6) is 2.54.